The molecule has 0 N–H and O–H groups in total. The fourth-order valence-electron chi connectivity index (χ4n) is 3.62. The molecule has 124 valence electrons. The summed E-state index contributed by atoms with van der Waals surface area (Å²) in [5.41, 5.74) is 5.61. The third kappa shape index (κ3) is 3.66. The van der Waals surface area contributed by atoms with Crippen molar-refractivity contribution in [1.82, 2.24) is 0 Å². The molecule has 1 aliphatic carbocycles. The summed E-state index contributed by atoms with van der Waals surface area (Å²) >= 11 is 0. The van der Waals surface area contributed by atoms with Crippen LogP contribution in [0.15, 0.2) is 101 Å². The lowest BCUT2D eigenvalue weighted by Crippen LogP contribution is -2.08. The van der Waals surface area contributed by atoms with Crippen LogP contribution in [0.5, 0.6) is 0 Å². The fourth-order valence-corrected chi connectivity index (χ4v) is 3.62. The Morgan fingerprint density at radius 2 is 1.48 bits per heavy atom. The van der Waals surface area contributed by atoms with Gasteiger partial charge in [-0.25, -0.2) is 0 Å². The van der Waals surface area contributed by atoms with E-state index in [1.807, 2.05) is 6.07 Å². The zero-order valence-corrected chi connectivity index (χ0v) is 14.3. The van der Waals surface area contributed by atoms with Crippen LogP contribution in [-0.4, -0.2) is 0 Å². The van der Waals surface area contributed by atoms with E-state index < -0.39 is 0 Å². The van der Waals surface area contributed by atoms with E-state index >= 15 is 0 Å². The zero-order valence-electron chi connectivity index (χ0n) is 14.3. The van der Waals surface area contributed by atoms with Gasteiger partial charge in [-0.1, -0.05) is 78.4 Å². The number of allylic oxidation sites excluding steroid dienone is 4. The topological polar surface area (TPSA) is 13.1 Å². The second-order valence-electron chi connectivity index (χ2n) is 6.55. The molecule has 0 spiro atoms. The summed E-state index contributed by atoms with van der Waals surface area (Å²) in [5, 5.41) is 0. The number of hydrogen-bond donors (Lipinski definition) is 0. The second kappa shape index (κ2) is 7.40. The molecule has 3 aromatic rings. The number of aryl methyl sites for hydroxylation is 1. The van der Waals surface area contributed by atoms with Gasteiger partial charge in [0.25, 0.3) is 0 Å². The molecule has 25 heavy (non-hydrogen) atoms. The Hall–Kier alpha value is -2.80. The molecule has 0 aliphatic heterocycles. The molecule has 0 saturated carbocycles. The molecule has 4 rings (SSSR count). The maximum atomic E-state index is 5.64. The average Bonchev–Trinajstić information content (AvgIpc) is 3.32. The standard InChI is InChI=1S/C24H22O/c1-3-8-19(9-4-1)13-14-21-15-16-23(20-10-5-2-6-11-20)24(21)18-22-12-7-17-25-22/h1-12,15-17,24H,13-14,18H2. The van der Waals surface area contributed by atoms with Crippen LogP contribution < -0.4 is 0 Å². The first-order valence-corrected chi connectivity index (χ1v) is 8.92. The van der Waals surface area contributed by atoms with Crippen LogP contribution in [0.25, 0.3) is 5.57 Å². The molecule has 1 aliphatic rings. The zero-order chi connectivity index (χ0) is 16.9. The number of rotatable bonds is 6. The van der Waals surface area contributed by atoms with Crippen molar-refractivity contribution in [2.24, 2.45) is 5.92 Å². The lowest BCUT2D eigenvalue weighted by molar-refractivity contribution is 0.492. The molecule has 2 aromatic carbocycles. The van der Waals surface area contributed by atoms with Crippen molar-refractivity contribution in [2.75, 3.05) is 0 Å². The van der Waals surface area contributed by atoms with Gasteiger partial charge in [0.15, 0.2) is 0 Å². The second-order valence-corrected chi connectivity index (χ2v) is 6.55. The van der Waals surface area contributed by atoms with Crippen LogP contribution in [-0.2, 0) is 12.8 Å². The largest absolute Gasteiger partial charge is 0.469 e. The lowest BCUT2D eigenvalue weighted by atomic mass is 9.85. The van der Waals surface area contributed by atoms with E-state index in [4.69, 9.17) is 4.42 Å². The van der Waals surface area contributed by atoms with E-state index in [1.54, 1.807) is 6.26 Å². The van der Waals surface area contributed by atoms with Crippen LogP contribution in [0.4, 0.5) is 0 Å². The third-order valence-corrected chi connectivity index (χ3v) is 4.94. The summed E-state index contributed by atoms with van der Waals surface area (Å²) in [6, 6.07) is 25.5. The highest BCUT2D eigenvalue weighted by Crippen LogP contribution is 2.38. The average molecular weight is 326 g/mol. The Balaban J connectivity index is 1.54. The monoisotopic (exact) mass is 326 g/mol. The summed E-state index contributed by atoms with van der Waals surface area (Å²) in [7, 11) is 0. The SMILES string of the molecule is C1=C(CCc2ccccc2)C(Cc2ccco2)C(c2ccccc2)=C1. The molecule has 0 fully saturated rings. The van der Waals surface area contributed by atoms with E-state index in [0.29, 0.717) is 5.92 Å². The highest BCUT2D eigenvalue weighted by atomic mass is 16.3. The molecule has 0 amide bonds. The molecular weight excluding hydrogens is 304 g/mol. The van der Waals surface area contributed by atoms with Crippen LogP contribution in [0.2, 0.25) is 0 Å². The maximum absolute atomic E-state index is 5.64. The van der Waals surface area contributed by atoms with Gasteiger partial charge in [-0.2, -0.15) is 0 Å². The Kier molecular flexibility index (Phi) is 4.65. The number of benzene rings is 2. The van der Waals surface area contributed by atoms with Crippen molar-refractivity contribution in [3.8, 4) is 0 Å². The molecule has 1 aromatic heterocycles. The molecular formula is C24H22O. The molecule has 0 saturated heterocycles. The minimum Gasteiger partial charge on any atom is -0.469 e. The summed E-state index contributed by atoms with van der Waals surface area (Å²) in [5.74, 6) is 1.46. The Bertz CT molecular complexity index is 855. The molecule has 1 atom stereocenters. The van der Waals surface area contributed by atoms with Crippen LogP contribution in [0.1, 0.15) is 23.3 Å². The van der Waals surface area contributed by atoms with E-state index in [0.717, 1.165) is 25.0 Å². The van der Waals surface area contributed by atoms with E-state index in [-0.39, 0.29) is 0 Å². The van der Waals surface area contributed by atoms with Gasteiger partial charge in [0.1, 0.15) is 5.76 Å². The van der Waals surface area contributed by atoms with Gasteiger partial charge < -0.3 is 4.42 Å². The highest BCUT2D eigenvalue weighted by molar-refractivity contribution is 5.75. The minimum absolute atomic E-state index is 0.400. The quantitative estimate of drug-likeness (QED) is 0.534. The van der Waals surface area contributed by atoms with Gasteiger partial charge in [0.2, 0.25) is 0 Å². The predicted octanol–water partition coefficient (Wildman–Crippen LogP) is 6.09. The van der Waals surface area contributed by atoms with Crippen molar-refractivity contribution in [1.29, 1.82) is 0 Å². The third-order valence-electron chi connectivity index (χ3n) is 4.94. The normalized spacial score (nSPS) is 16.6. The van der Waals surface area contributed by atoms with Crippen LogP contribution in [0, 0.1) is 5.92 Å². The fraction of sp³-hybridized carbons (Fsp3) is 0.167. The van der Waals surface area contributed by atoms with Crippen molar-refractivity contribution in [3.05, 3.63) is 114 Å². The van der Waals surface area contributed by atoms with Crippen molar-refractivity contribution >= 4 is 5.57 Å². The maximum Gasteiger partial charge on any atom is 0.104 e. The van der Waals surface area contributed by atoms with Crippen molar-refractivity contribution in [2.45, 2.75) is 19.3 Å². The first-order chi connectivity index (χ1) is 12.4. The van der Waals surface area contributed by atoms with Crippen LogP contribution in [0.3, 0.4) is 0 Å². The first-order valence-electron chi connectivity index (χ1n) is 8.92. The molecule has 1 unspecified atom stereocenters. The minimum atomic E-state index is 0.400. The Morgan fingerprint density at radius 3 is 2.20 bits per heavy atom. The lowest BCUT2D eigenvalue weighted by Gasteiger charge is -2.19. The number of hydrogen-bond acceptors (Lipinski definition) is 1. The summed E-state index contributed by atoms with van der Waals surface area (Å²) < 4.78 is 5.64. The molecule has 1 heterocycles. The molecule has 1 heteroatoms. The highest BCUT2D eigenvalue weighted by Gasteiger charge is 2.25. The molecule has 1 nitrogen and oxygen atoms in total. The van der Waals surface area contributed by atoms with Crippen molar-refractivity contribution in [3.63, 3.8) is 0 Å². The predicted molar refractivity (Wildman–Crippen MR) is 103 cm³/mol. The molecule has 0 radical (unpaired) electrons. The van der Waals surface area contributed by atoms with Gasteiger partial charge >= 0.3 is 0 Å². The van der Waals surface area contributed by atoms with E-state index in [9.17, 15) is 0 Å². The summed E-state index contributed by atoms with van der Waals surface area (Å²) in [6.07, 6.45) is 9.47. The Labute approximate surface area is 149 Å². The number of furan rings is 1. The van der Waals surface area contributed by atoms with Gasteiger partial charge in [0.05, 0.1) is 6.26 Å². The van der Waals surface area contributed by atoms with E-state index in [2.05, 4.69) is 78.9 Å². The van der Waals surface area contributed by atoms with Crippen molar-refractivity contribution < 1.29 is 4.42 Å². The van der Waals surface area contributed by atoms with Crippen LogP contribution >= 0.6 is 0 Å². The summed E-state index contributed by atoms with van der Waals surface area (Å²) in [4.78, 5) is 0. The van der Waals surface area contributed by atoms with E-state index in [1.165, 1.54) is 22.3 Å². The summed E-state index contributed by atoms with van der Waals surface area (Å²) in [6.45, 7) is 0. The van der Waals surface area contributed by atoms with Gasteiger partial charge in [-0.3, -0.25) is 0 Å². The first kappa shape index (κ1) is 15.7. The van der Waals surface area contributed by atoms with Gasteiger partial charge in [-0.15, -0.1) is 0 Å². The molecule has 0 bridgehead atoms. The van der Waals surface area contributed by atoms with Gasteiger partial charge in [-0.05, 0) is 41.7 Å². The van der Waals surface area contributed by atoms with Gasteiger partial charge in [0, 0.05) is 12.3 Å². The Morgan fingerprint density at radius 1 is 0.720 bits per heavy atom. The smallest absolute Gasteiger partial charge is 0.104 e.